The number of hydrogen-bond acceptors (Lipinski definition) is 4. The van der Waals surface area contributed by atoms with Gasteiger partial charge in [-0.25, -0.2) is 12.8 Å². The highest BCUT2D eigenvalue weighted by atomic mass is 32.2. The fraction of sp³-hybridized carbons (Fsp3) is 0.333. The molecule has 1 aromatic carbocycles. The van der Waals surface area contributed by atoms with E-state index >= 15 is 0 Å². The van der Waals surface area contributed by atoms with Crippen molar-refractivity contribution in [2.24, 2.45) is 0 Å². The molecule has 0 amide bonds. The van der Waals surface area contributed by atoms with E-state index in [9.17, 15) is 12.8 Å². The number of hydrogen-bond donors (Lipinski definition) is 1. The summed E-state index contributed by atoms with van der Waals surface area (Å²) >= 11 is 0. The number of ether oxygens (including phenoxy) is 1. The fourth-order valence-corrected chi connectivity index (χ4v) is 2.25. The lowest BCUT2D eigenvalue weighted by Gasteiger charge is -2.08. The Labute approximate surface area is 87.2 Å². The van der Waals surface area contributed by atoms with Gasteiger partial charge in [-0.3, -0.25) is 0 Å². The van der Waals surface area contributed by atoms with Gasteiger partial charge in [0.2, 0.25) is 0 Å². The number of aliphatic hydroxyl groups is 1. The van der Waals surface area contributed by atoms with Gasteiger partial charge < -0.3 is 9.84 Å². The van der Waals surface area contributed by atoms with E-state index in [0.717, 1.165) is 24.3 Å². The Bertz CT molecular complexity index is 412. The smallest absolute Gasteiger partial charge is 0.183 e. The van der Waals surface area contributed by atoms with Crippen molar-refractivity contribution < 1.29 is 22.7 Å². The van der Waals surface area contributed by atoms with Crippen LogP contribution in [0.5, 0.6) is 0 Å². The molecule has 1 aromatic rings. The summed E-state index contributed by atoms with van der Waals surface area (Å²) in [5.41, 5.74) is 0. The highest BCUT2D eigenvalue weighted by Crippen LogP contribution is 2.12. The summed E-state index contributed by atoms with van der Waals surface area (Å²) in [6.45, 7) is 0. The van der Waals surface area contributed by atoms with Gasteiger partial charge in [0.1, 0.15) is 11.6 Å². The average Bonchev–Trinajstić information content (AvgIpc) is 2.17. The van der Waals surface area contributed by atoms with Gasteiger partial charge in [0, 0.05) is 7.11 Å². The lowest BCUT2D eigenvalue weighted by Crippen LogP contribution is -2.22. The molecule has 0 aliphatic carbocycles. The molecule has 1 atom stereocenters. The summed E-state index contributed by atoms with van der Waals surface area (Å²) in [4.78, 5) is -0.0417. The predicted octanol–water partition coefficient (Wildman–Crippen LogP) is 0.564. The van der Waals surface area contributed by atoms with Crippen LogP contribution in [-0.4, -0.2) is 32.7 Å². The molecule has 0 heterocycles. The zero-order valence-electron chi connectivity index (χ0n) is 8.05. The van der Waals surface area contributed by atoms with Crippen molar-refractivity contribution in [2.45, 2.75) is 11.2 Å². The van der Waals surface area contributed by atoms with Crippen molar-refractivity contribution in [2.75, 3.05) is 12.9 Å². The maximum Gasteiger partial charge on any atom is 0.183 e. The minimum atomic E-state index is -3.63. The van der Waals surface area contributed by atoms with E-state index in [1.807, 2.05) is 0 Å². The quantitative estimate of drug-likeness (QED) is 0.611. The van der Waals surface area contributed by atoms with E-state index in [2.05, 4.69) is 4.74 Å². The number of halogens is 1. The minimum absolute atomic E-state index is 0.0417. The Hall–Kier alpha value is -0.980. The summed E-state index contributed by atoms with van der Waals surface area (Å²) in [5, 5.41) is 9.03. The van der Waals surface area contributed by atoms with Crippen LogP contribution in [-0.2, 0) is 14.6 Å². The summed E-state index contributed by atoms with van der Waals surface area (Å²) in [6, 6.07) is 4.39. The van der Waals surface area contributed by atoms with Crippen LogP contribution in [0.1, 0.15) is 0 Å². The van der Waals surface area contributed by atoms with Crippen molar-refractivity contribution >= 4 is 9.84 Å². The molecule has 6 heteroatoms. The predicted molar refractivity (Wildman–Crippen MR) is 51.5 cm³/mol. The van der Waals surface area contributed by atoms with Crippen molar-refractivity contribution in [3.8, 4) is 0 Å². The molecule has 15 heavy (non-hydrogen) atoms. The van der Waals surface area contributed by atoms with Crippen LogP contribution in [0.4, 0.5) is 4.39 Å². The van der Waals surface area contributed by atoms with E-state index in [0.29, 0.717) is 0 Å². The molecule has 0 saturated carbocycles. The normalized spacial score (nSPS) is 13.8. The maximum absolute atomic E-state index is 12.5. The summed E-state index contributed by atoms with van der Waals surface area (Å²) < 4.78 is 40.1. The Morgan fingerprint density at radius 1 is 1.40 bits per heavy atom. The fourth-order valence-electron chi connectivity index (χ4n) is 0.994. The Morgan fingerprint density at radius 2 is 1.93 bits per heavy atom. The number of methoxy groups -OCH3 is 1. The van der Waals surface area contributed by atoms with Gasteiger partial charge in [0.25, 0.3) is 0 Å². The maximum atomic E-state index is 12.5. The Morgan fingerprint density at radius 3 is 2.40 bits per heavy atom. The van der Waals surface area contributed by atoms with Gasteiger partial charge in [-0.15, -0.1) is 0 Å². The van der Waals surface area contributed by atoms with Gasteiger partial charge in [-0.05, 0) is 24.3 Å². The largest absolute Gasteiger partial charge is 0.367 e. The Kier molecular flexibility index (Phi) is 3.78. The van der Waals surface area contributed by atoms with E-state index < -0.39 is 27.7 Å². The second kappa shape index (κ2) is 4.69. The van der Waals surface area contributed by atoms with E-state index in [4.69, 9.17) is 5.11 Å². The molecule has 84 valence electrons. The first-order valence-electron chi connectivity index (χ1n) is 4.15. The average molecular weight is 234 g/mol. The molecule has 0 radical (unpaired) electrons. The SMILES string of the molecule is COC(O)CS(=O)(=O)c1ccc(F)cc1. The van der Waals surface area contributed by atoms with Gasteiger partial charge >= 0.3 is 0 Å². The van der Waals surface area contributed by atoms with Crippen LogP contribution in [0.25, 0.3) is 0 Å². The molecule has 0 saturated heterocycles. The second-order valence-electron chi connectivity index (χ2n) is 2.93. The summed E-state index contributed by atoms with van der Waals surface area (Å²) in [7, 11) is -2.43. The first-order chi connectivity index (χ1) is 6.95. The first kappa shape index (κ1) is 12.1. The molecule has 1 rings (SSSR count). The molecular formula is C9H11FO4S. The zero-order valence-corrected chi connectivity index (χ0v) is 8.87. The van der Waals surface area contributed by atoms with Crippen LogP contribution >= 0.6 is 0 Å². The summed E-state index contributed by atoms with van der Waals surface area (Å²) in [5.74, 6) is -1.06. The zero-order chi connectivity index (χ0) is 11.5. The molecule has 0 bridgehead atoms. The molecule has 0 aliphatic rings. The highest BCUT2D eigenvalue weighted by molar-refractivity contribution is 7.91. The Balaban J connectivity index is 2.91. The highest BCUT2D eigenvalue weighted by Gasteiger charge is 2.19. The van der Waals surface area contributed by atoms with E-state index in [1.54, 1.807) is 0 Å². The standard InChI is InChI=1S/C9H11FO4S/c1-14-9(11)6-15(12,13)8-4-2-7(10)3-5-8/h2-5,9,11H,6H2,1H3. The number of benzene rings is 1. The molecule has 1 unspecified atom stereocenters. The second-order valence-corrected chi connectivity index (χ2v) is 4.96. The molecule has 1 N–H and O–H groups in total. The molecule has 0 fully saturated rings. The van der Waals surface area contributed by atoms with Gasteiger partial charge in [-0.2, -0.15) is 0 Å². The topological polar surface area (TPSA) is 63.6 Å². The van der Waals surface area contributed by atoms with Crippen LogP contribution in [0.2, 0.25) is 0 Å². The van der Waals surface area contributed by atoms with Crippen LogP contribution < -0.4 is 0 Å². The number of sulfone groups is 1. The minimum Gasteiger partial charge on any atom is -0.367 e. The van der Waals surface area contributed by atoms with E-state index in [-0.39, 0.29) is 4.90 Å². The lowest BCUT2D eigenvalue weighted by molar-refractivity contribution is -0.0556. The third-order valence-electron chi connectivity index (χ3n) is 1.81. The van der Waals surface area contributed by atoms with Crippen molar-refractivity contribution in [1.29, 1.82) is 0 Å². The van der Waals surface area contributed by atoms with E-state index in [1.165, 1.54) is 7.11 Å². The molecule has 0 spiro atoms. The third-order valence-corrected chi connectivity index (χ3v) is 3.52. The van der Waals surface area contributed by atoms with Gasteiger partial charge in [0.05, 0.1) is 4.90 Å². The van der Waals surface area contributed by atoms with Gasteiger partial charge in [-0.1, -0.05) is 0 Å². The molecule has 0 aromatic heterocycles. The lowest BCUT2D eigenvalue weighted by atomic mass is 10.4. The van der Waals surface area contributed by atoms with Crippen LogP contribution in [0.15, 0.2) is 29.2 Å². The van der Waals surface area contributed by atoms with Crippen molar-refractivity contribution in [3.05, 3.63) is 30.1 Å². The van der Waals surface area contributed by atoms with Gasteiger partial charge in [0.15, 0.2) is 16.1 Å². The monoisotopic (exact) mass is 234 g/mol. The molecule has 4 nitrogen and oxygen atoms in total. The number of aliphatic hydroxyl groups excluding tert-OH is 1. The van der Waals surface area contributed by atoms with Crippen molar-refractivity contribution in [3.63, 3.8) is 0 Å². The van der Waals surface area contributed by atoms with Crippen LogP contribution in [0, 0.1) is 5.82 Å². The number of rotatable bonds is 4. The van der Waals surface area contributed by atoms with Crippen molar-refractivity contribution in [1.82, 2.24) is 0 Å². The van der Waals surface area contributed by atoms with Crippen LogP contribution in [0.3, 0.4) is 0 Å². The first-order valence-corrected chi connectivity index (χ1v) is 5.80. The molecular weight excluding hydrogens is 223 g/mol. The third kappa shape index (κ3) is 3.26. The summed E-state index contributed by atoms with van der Waals surface area (Å²) in [6.07, 6.45) is -1.37. The molecule has 0 aliphatic heterocycles.